The van der Waals surface area contributed by atoms with Gasteiger partial charge in [-0.05, 0) is 6.42 Å². The van der Waals surface area contributed by atoms with Gasteiger partial charge in [0, 0.05) is 56.4 Å². The van der Waals surface area contributed by atoms with Crippen LogP contribution in [-0.2, 0) is 32.6 Å². The van der Waals surface area contributed by atoms with Crippen LogP contribution in [-0.4, -0.2) is 34.3 Å². The summed E-state index contributed by atoms with van der Waals surface area (Å²) in [6.07, 6.45) is 0.434. The highest BCUT2D eigenvalue weighted by molar-refractivity contribution is 14.0. The number of hydrogen-bond acceptors (Lipinski definition) is 4. The van der Waals surface area contributed by atoms with Gasteiger partial charge in [0.2, 0.25) is 0 Å². The molecule has 2 N–H and O–H groups in total. The van der Waals surface area contributed by atoms with Crippen LogP contribution in [0.1, 0.15) is 28.1 Å². The highest BCUT2D eigenvalue weighted by Gasteiger charge is 2.36. The molecular weight excluding hydrogens is 480 g/mol. The zero-order valence-corrected chi connectivity index (χ0v) is 17.9. The minimum atomic E-state index is -4.48. The predicted molar refractivity (Wildman–Crippen MR) is 107 cm³/mol. The van der Waals surface area contributed by atoms with E-state index in [2.05, 4.69) is 32.6 Å². The fourth-order valence-electron chi connectivity index (χ4n) is 2.22. The Bertz CT molecular complexity index is 725. The topological polar surface area (TPSA) is 67.1 Å². The fraction of sp³-hybridized carbons (Fsp3) is 0.533. The quantitative estimate of drug-likeness (QED) is 0.362. The van der Waals surface area contributed by atoms with Crippen LogP contribution >= 0.6 is 35.3 Å². The molecule has 0 aliphatic heterocycles. The summed E-state index contributed by atoms with van der Waals surface area (Å²) in [6, 6.07) is 0. The van der Waals surface area contributed by atoms with Crippen molar-refractivity contribution in [2.75, 3.05) is 13.6 Å². The molecule has 0 unspecified atom stereocenters. The van der Waals surface area contributed by atoms with E-state index >= 15 is 0 Å². The van der Waals surface area contributed by atoms with Crippen LogP contribution in [0.25, 0.3) is 0 Å². The van der Waals surface area contributed by atoms with Crippen molar-refractivity contribution in [1.29, 1.82) is 0 Å². The van der Waals surface area contributed by atoms with E-state index in [-0.39, 0.29) is 36.1 Å². The van der Waals surface area contributed by atoms with Crippen molar-refractivity contribution >= 4 is 41.3 Å². The van der Waals surface area contributed by atoms with Gasteiger partial charge in [0.15, 0.2) is 11.7 Å². The molecule has 6 nitrogen and oxygen atoms in total. The predicted octanol–water partition coefficient (Wildman–Crippen LogP) is 2.98. The first-order valence-electron chi connectivity index (χ1n) is 7.81. The van der Waals surface area contributed by atoms with Gasteiger partial charge in [0.25, 0.3) is 0 Å². The number of thiazole rings is 1. The van der Waals surface area contributed by atoms with Crippen LogP contribution in [0.5, 0.6) is 0 Å². The maximum atomic E-state index is 12.9. The standard InChI is InChI=1S/C15H21F3N6S.HI/c1-4-11-8-21-12(25-11)5-6-20-14(19-2)22-7-10-9-24(3)23-13(10)15(16,17)18;/h8-9H,4-7H2,1-3H3,(H2,19,20,22);1H. The van der Waals surface area contributed by atoms with Crippen molar-refractivity contribution in [2.24, 2.45) is 12.0 Å². The van der Waals surface area contributed by atoms with Gasteiger partial charge in [0.05, 0.1) is 5.01 Å². The zero-order valence-electron chi connectivity index (χ0n) is 14.7. The molecule has 2 rings (SSSR count). The molecule has 0 aliphatic carbocycles. The molecule has 0 saturated heterocycles. The summed E-state index contributed by atoms with van der Waals surface area (Å²) in [5, 5.41) is 10.5. The van der Waals surface area contributed by atoms with Crippen LogP contribution in [0, 0.1) is 0 Å². The lowest BCUT2D eigenvalue weighted by molar-refractivity contribution is -0.142. The minimum absolute atomic E-state index is 0. The van der Waals surface area contributed by atoms with Crippen LogP contribution in [0.2, 0.25) is 0 Å². The third-order valence-electron chi connectivity index (χ3n) is 3.42. The van der Waals surface area contributed by atoms with E-state index in [1.165, 1.54) is 18.1 Å². The van der Waals surface area contributed by atoms with E-state index in [0.29, 0.717) is 12.5 Å². The maximum Gasteiger partial charge on any atom is 0.435 e. The molecule has 2 heterocycles. The number of nitrogens with one attached hydrogen (secondary N) is 2. The first-order valence-corrected chi connectivity index (χ1v) is 8.63. The molecule has 11 heteroatoms. The molecule has 0 amide bonds. The van der Waals surface area contributed by atoms with Crippen LogP contribution in [0.4, 0.5) is 13.2 Å². The lowest BCUT2D eigenvalue weighted by Gasteiger charge is -2.12. The summed E-state index contributed by atoms with van der Waals surface area (Å²) in [7, 11) is 3.03. The van der Waals surface area contributed by atoms with Gasteiger partial charge < -0.3 is 10.6 Å². The Hall–Kier alpha value is -1.37. The molecule has 0 saturated carbocycles. The number of hydrogen-bond donors (Lipinski definition) is 2. The summed E-state index contributed by atoms with van der Waals surface area (Å²) in [5.74, 6) is 0.434. The minimum Gasteiger partial charge on any atom is -0.356 e. The Morgan fingerprint density at radius 1 is 1.35 bits per heavy atom. The van der Waals surface area contributed by atoms with Gasteiger partial charge in [-0.25, -0.2) is 4.98 Å². The maximum absolute atomic E-state index is 12.9. The summed E-state index contributed by atoms with van der Waals surface area (Å²) < 4.78 is 40.0. The van der Waals surface area contributed by atoms with E-state index in [0.717, 1.165) is 22.5 Å². The Morgan fingerprint density at radius 2 is 2.08 bits per heavy atom. The molecule has 26 heavy (non-hydrogen) atoms. The van der Waals surface area contributed by atoms with E-state index in [1.54, 1.807) is 18.4 Å². The normalized spacial score (nSPS) is 12.0. The molecule has 0 aromatic carbocycles. The summed E-state index contributed by atoms with van der Waals surface area (Å²) in [5.41, 5.74) is -0.807. The highest BCUT2D eigenvalue weighted by atomic mass is 127. The Kier molecular flexibility index (Phi) is 8.80. The monoisotopic (exact) mass is 502 g/mol. The fourth-order valence-corrected chi connectivity index (χ4v) is 3.08. The Balaban J connectivity index is 0.00000338. The second kappa shape index (κ2) is 10.1. The number of rotatable bonds is 6. The van der Waals surface area contributed by atoms with Gasteiger partial charge in [-0.2, -0.15) is 18.3 Å². The number of nitrogens with zero attached hydrogens (tertiary/aromatic N) is 4. The van der Waals surface area contributed by atoms with E-state index in [1.807, 2.05) is 6.20 Å². The van der Waals surface area contributed by atoms with Gasteiger partial charge >= 0.3 is 6.18 Å². The second-order valence-electron chi connectivity index (χ2n) is 5.35. The average molecular weight is 502 g/mol. The SMILES string of the molecule is CCc1cnc(CCNC(=NC)NCc2cn(C)nc2C(F)(F)F)s1.I. The van der Waals surface area contributed by atoms with Crippen molar-refractivity contribution < 1.29 is 13.2 Å². The lowest BCUT2D eigenvalue weighted by atomic mass is 10.2. The van der Waals surface area contributed by atoms with Crippen LogP contribution in [0.15, 0.2) is 17.4 Å². The number of aryl methyl sites for hydroxylation is 2. The summed E-state index contributed by atoms with van der Waals surface area (Å²) in [6.45, 7) is 2.66. The van der Waals surface area contributed by atoms with Crippen molar-refractivity contribution in [1.82, 2.24) is 25.4 Å². The van der Waals surface area contributed by atoms with Gasteiger partial charge in [-0.3, -0.25) is 9.67 Å². The molecule has 2 aromatic rings. The smallest absolute Gasteiger partial charge is 0.356 e. The van der Waals surface area contributed by atoms with E-state index in [9.17, 15) is 13.2 Å². The largest absolute Gasteiger partial charge is 0.435 e. The first kappa shape index (κ1) is 22.7. The van der Waals surface area contributed by atoms with E-state index in [4.69, 9.17) is 0 Å². The molecule has 2 aromatic heterocycles. The van der Waals surface area contributed by atoms with Crippen LogP contribution in [0.3, 0.4) is 0 Å². The zero-order chi connectivity index (χ0) is 18.4. The lowest BCUT2D eigenvalue weighted by Crippen LogP contribution is -2.38. The molecule has 0 spiro atoms. The first-order chi connectivity index (χ1) is 11.8. The second-order valence-corrected chi connectivity index (χ2v) is 6.55. The Morgan fingerprint density at radius 3 is 2.65 bits per heavy atom. The number of halogens is 4. The molecule has 0 fully saturated rings. The van der Waals surface area contributed by atoms with Crippen molar-refractivity contribution in [3.8, 4) is 0 Å². The number of aliphatic imine (C=N–C) groups is 1. The third-order valence-corrected chi connectivity index (χ3v) is 4.63. The molecule has 0 aliphatic rings. The summed E-state index contributed by atoms with van der Waals surface area (Å²) in [4.78, 5) is 9.58. The van der Waals surface area contributed by atoms with Crippen molar-refractivity contribution in [2.45, 2.75) is 32.5 Å². The third kappa shape index (κ3) is 6.41. The molecule has 0 radical (unpaired) electrons. The van der Waals surface area contributed by atoms with Crippen molar-refractivity contribution in [3.63, 3.8) is 0 Å². The number of guanidine groups is 1. The van der Waals surface area contributed by atoms with Gasteiger partial charge in [-0.15, -0.1) is 35.3 Å². The van der Waals surface area contributed by atoms with Crippen LogP contribution < -0.4 is 10.6 Å². The molecule has 0 bridgehead atoms. The van der Waals surface area contributed by atoms with Gasteiger partial charge in [-0.1, -0.05) is 6.92 Å². The molecular formula is C15H22F3IN6S. The van der Waals surface area contributed by atoms with Gasteiger partial charge in [0.1, 0.15) is 0 Å². The Labute approximate surface area is 171 Å². The highest BCUT2D eigenvalue weighted by Crippen LogP contribution is 2.30. The number of aromatic nitrogens is 3. The number of alkyl halides is 3. The summed E-state index contributed by atoms with van der Waals surface area (Å²) >= 11 is 1.66. The molecule has 0 atom stereocenters. The molecule has 146 valence electrons. The van der Waals surface area contributed by atoms with E-state index < -0.39 is 11.9 Å². The average Bonchev–Trinajstić information content (AvgIpc) is 3.16. The van der Waals surface area contributed by atoms with Crippen molar-refractivity contribution in [3.05, 3.63) is 33.5 Å².